The van der Waals surface area contributed by atoms with Crippen LogP contribution in [-0.4, -0.2) is 25.2 Å². The first-order valence-corrected chi connectivity index (χ1v) is 5.98. The molecule has 5 heteroatoms. The molecule has 1 amide bonds. The van der Waals surface area contributed by atoms with Gasteiger partial charge in [0.2, 0.25) is 0 Å². The summed E-state index contributed by atoms with van der Waals surface area (Å²) in [5, 5.41) is 6.64. The predicted molar refractivity (Wildman–Crippen MR) is 66.6 cm³/mol. The number of amides is 1. The molecular formula is C12H15ClN2O2. The highest BCUT2D eigenvalue weighted by molar-refractivity contribution is 6.31. The van der Waals surface area contributed by atoms with Crippen LogP contribution in [0.25, 0.3) is 0 Å². The van der Waals surface area contributed by atoms with E-state index >= 15 is 0 Å². The molecule has 1 aliphatic heterocycles. The average molecular weight is 255 g/mol. The van der Waals surface area contributed by atoms with E-state index in [2.05, 4.69) is 10.6 Å². The number of hydrogen-bond donors (Lipinski definition) is 2. The molecule has 0 radical (unpaired) electrons. The first-order chi connectivity index (χ1) is 8.15. The second kappa shape index (κ2) is 5.38. The fraction of sp³-hybridized carbons (Fsp3) is 0.417. The van der Waals surface area contributed by atoms with E-state index in [4.69, 9.17) is 16.3 Å². The minimum atomic E-state index is -0.416. The molecule has 1 aromatic rings. The quantitative estimate of drug-likeness (QED) is 0.850. The zero-order valence-corrected chi connectivity index (χ0v) is 10.4. The molecule has 2 N–H and O–H groups in total. The van der Waals surface area contributed by atoms with Crippen molar-refractivity contribution >= 4 is 17.7 Å². The molecule has 92 valence electrons. The summed E-state index contributed by atoms with van der Waals surface area (Å²) in [6.07, 6.45) is 0.523. The van der Waals surface area contributed by atoms with Crippen molar-refractivity contribution in [3.8, 4) is 5.75 Å². The van der Waals surface area contributed by atoms with E-state index < -0.39 is 6.09 Å². The number of nitrogens with one attached hydrogen (secondary N) is 2. The highest BCUT2D eigenvalue weighted by Gasteiger charge is 2.17. The van der Waals surface area contributed by atoms with Crippen molar-refractivity contribution in [3.63, 3.8) is 0 Å². The van der Waals surface area contributed by atoms with Crippen molar-refractivity contribution in [2.75, 3.05) is 13.1 Å². The van der Waals surface area contributed by atoms with Crippen LogP contribution in [0.2, 0.25) is 5.02 Å². The van der Waals surface area contributed by atoms with Gasteiger partial charge in [-0.15, -0.1) is 0 Å². The SMILES string of the molecule is Cc1cc(OC(=O)NC2CCNC2)ccc1Cl. The van der Waals surface area contributed by atoms with Crippen LogP contribution in [0.15, 0.2) is 18.2 Å². The fourth-order valence-corrected chi connectivity index (χ4v) is 1.88. The minimum Gasteiger partial charge on any atom is -0.410 e. The number of hydrogen-bond acceptors (Lipinski definition) is 3. The lowest BCUT2D eigenvalue weighted by Crippen LogP contribution is -2.38. The second-order valence-electron chi connectivity index (χ2n) is 4.13. The Balaban J connectivity index is 1.90. The number of ether oxygens (including phenoxy) is 1. The Kier molecular flexibility index (Phi) is 3.86. The zero-order valence-electron chi connectivity index (χ0n) is 9.63. The van der Waals surface area contributed by atoms with E-state index in [1.807, 2.05) is 6.92 Å². The molecule has 1 fully saturated rings. The molecule has 0 aliphatic carbocycles. The highest BCUT2D eigenvalue weighted by atomic mass is 35.5. The van der Waals surface area contributed by atoms with Crippen LogP contribution in [0.5, 0.6) is 5.75 Å². The highest BCUT2D eigenvalue weighted by Crippen LogP contribution is 2.21. The summed E-state index contributed by atoms with van der Waals surface area (Å²) in [6, 6.07) is 5.31. The summed E-state index contributed by atoms with van der Waals surface area (Å²) in [4.78, 5) is 11.6. The lowest BCUT2D eigenvalue weighted by atomic mass is 10.2. The van der Waals surface area contributed by atoms with Crippen LogP contribution in [0.1, 0.15) is 12.0 Å². The van der Waals surface area contributed by atoms with Crippen molar-refractivity contribution in [2.45, 2.75) is 19.4 Å². The molecule has 4 nitrogen and oxygen atoms in total. The van der Waals surface area contributed by atoms with Crippen LogP contribution < -0.4 is 15.4 Å². The zero-order chi connectivity index (χ0) is 12.3. The maximum absolute atomic E-state index is 11.6. The normalized spacial score (nSPS) is 19.1. The van der Waals surface area contributed by atoms with Crippen LogP contribution >= 0.6 is 11.6 Å². The fourth-order valence-electron chi connectivity index (χ4n) is 1.76. The van der Waals surface area contributed by atoms with Gasteiger partial charge in [0, 0.05) is 17.6 Å². The predicted octanol–water partition coefficient (Wildman–Crippen LogP) is 2.10. The second-order valence-corrected chi connectivity index (χ2v) is 4.54. The molecule has 1 atom stereocenters. The third-order valence-corrected chi connectivity index (χ3v) is 3.15. The van der Waals surface area contributed by atoms with Crippen molar-refractivity contribution in [1.82, 2.24) is 10.6 Å². The van der Waals surface area contributed by atoms with Gasteiger partial charge in [-0.05, 0) is 43.7 Å². The Morgan fingerprint density at radius 3 is 3.06 bits per heavy atom. The minimum absolute atomic E-state index is 0.163. The summed E-state index contributed by atoms with van der Waals surface area (Å²) < 4.78 is 5.18. The van der Waals surface area contributed by atoms with Crippen molar-refractivity contribution < 1.29 is 9.53 Å². The molecule has 1 unspecified atom stereocenters. The van der Waals surface area contributed by atoms with E-state index in [1.165, 1.54) is 0 Å². The lowest BCUT2D eigenvalue weighted by molar-refractivity contribution is 0.197. The van der Waals surface area contributed by atoms with Gasteiger partial charge in [-0.3, -0.25) is 0 Å². The van der Waals surface area contributed by atoms with E-state index in [9.17, 15) is 4.79 Å². The molecule has 0 aromatic heterocycles. The number of carbonyl (C=O) groups excluding carboxylic acids is 1. The topological polar surface area (TPSA) is 50.4 Å². The molecule has 1 aliphatic rings. The number of benzene rings is 1. The molecule has 0 bridgehead atoms. The van der Waals surface area contributed by atoms with Gasteiger partial charge in [0.15, 0.2) is 0 Å². The van der Waals surface area contributed by atoms with E-state index in [0.717, 1.165) is 25.1 Å². The Morgan fingerprint density at radius 1 is 1.59 bits per heavy atom. The molecule has 0 spiro atoms. The third-order valence-electron chi connectivity index (χ3n) is 2.72. The maximum atomic E-state index is 11.6. The first-order valence-electron chi connectivity index (χ1n) is 5.60. The number of aryl methyl sites for hydroxylation is 1. The number of halogens is 1. The Bertz CT molecular complexity index is 417. The van der Waals surface area contributed by atoms with Gasteiger partial charge in [-0.1, -0.05) is 11.6 Å². The molecular weight excluding hydrogens is 240 g/mol. The summed E-state index contributed by atoms with van der Waals surface area (Å²) in [7, 11) is 0. The van der Waals surface area contributed by atoms with Crippen molar-refractivity contribution in [2.24, 2.45) is 0 Å². The molecule has 1 aromatic carbocycles. The molecule has 1 saturated heterocycles. The van der Waals surface area contributed by atoms with Gasteiger partial charge in [0.1, 0.15) is 5.75 Å². The average Bonchev–Trinajstić information content (AvgIpc) is 2.76. The molecule has 2 rings (SSSR count). The first kappa shape index (κ1) is 12.2. The summed E-state index contributed by atoms with van der Waals surface area (Å²) in [6.45, 7) is 3.60. The third kappa shape index (κ3) is 3.35. The Hall–Kier alpha value is -1.26. The monoisotopic (exact) mass is 254 g/mol. The van der Waals surface area contributed by atoms with Crippen LogP contribution in [0.3, 0.4) is 0 Å². The molecule has 1 heterocycles. The standard InChI is InChI=1S/C12H15ClN2O2/c1-8-6-10(2-3-11(8)13)17-12(16)15-9-4-5-14-7-9/h2-3,6,9,14H,4-5,7H2,1H3,(H,15,16). The summed E-state index contributed by atoms with van der Waals surface area (Å²) in [5.74, 6) is 0.510. The maximum Gasteiger partial charge on any atom is 0.412 e. The van der Waals surface area contributed by atoms with Gasteiger partial charge in [0.05, 0.1) is 0 Å². The summed E-state index contributed by atoms with van der Waals surface area (Å²) in [5.41, 5.74) is 0.888. The van der Waals surface area contributed by atoms with Crippen molar-refractivity contribution in [3.05, 3.63) is 28.8 Å². The smallest absolute Gasteiger partial charge is 0.410 e. The van der Waals surface area contributed by atoms with Gasteiger partial charge < -0.3 is 15.4 Å². The van der Waals surface area contributed by atoms with Gasteiger partial charge in [0.25, 0.3) is 0 Å². The molecule has 0 saturated carbocycles. The largest absolute Gasteiger partial charge is 0.412 e. The van der Waals surface area contributed by atoms with Gasteiger partial charge in [-0.2, -0.15) is 0 Å². The van der Waals surface area contributed by atoms with Crippen LogP contribution in [0.4, 0.5) is 4.79 Å². The van der Waals surface area contributed by atoms with Crippen molar-refractivity contribution in [1.29, 1.82) is 0 Å². The lowest BCUT2D eigenvalue weighted by Gasteiger charge is -2.11. The Labute approximate surface area is 105 Å². The van der Waals surface area contributed by atoms with Crippen LogP contribution in [-0.2, 0) is 0 Å². The summed E-state index contributed by atoms with van der Waals surface area (Å²) >= 11 is 5.89. The number of carbonyl (C=O) groups is 1. The van der Waals surface area contributed by atoms with E-state index in [0.29, 0.717) is 10.8 Å². The Morgan fingerprint density at radius 2 is 2.41 bits per heavy atom. The van der Waals surface area contributed by atoms with Gasteiger partial charge >= 0.3 is 6.09 Å². The van der Waals surface area contributed by atoms with Crippen LogP contribution in [0, 0.1) is 6.92 Å². The van der Waals surface area contributed by atoms with E-state index in [-0.39, 0.29) is 6.04 Å². The van der Waals surface area contributed by atoms with E-state index in [1.54, 1.807) is 18.2 Å². The van der Waals surface area contributed by atoms with Gasteiger partial charge in [-0.25, -0.2) is 4.79 Å². The molecule has 17 heavy (non-hydrogen) atoms. The number of rotatable bonds is 2.